The van der Waals surface area contributed by atoms with Crippen LogP contribution in [0, 0.1) is 0 Å². The van der Waals surface area contributed by atoms with Gasteiger partial charge in [-0.2, -0.15) is 0 Å². The Morgan fingerprint density at radius 1 is 0.243 bits per heavy atom. The number of furan rings is 2. The molecule has 0 radical (unpaired) electrons. The van der Waals surface area contributed by atoms with Gasteiger partial charge in [0.15, 0.2) is 0 Å². The summed E-state index contributed by atoms with van der Waals surface area (Å²) in [5, 5.41) is 11.2. The van der Waals surface area contributed by atoms with E-state index in [0.717, 1.165) is 133 Å². The first-order valence-corrected chi connectivity index (χ1v) is 23.8. The summed E-state index contributed by atoms with van der Waals surface area (Å²) < 4.78 is 13.3. The molecule has 0 saturated heterocycles. The maximum atomic E-state index is 6.64. The van der Waals surface area contributed by atoms with Crippen LogP contribution in [-0.2, 0) is 0 Å². The van der Waals surface area contributed by atoms with E-state index in [0.29, 0.717) is 0 Å². The zero-order valence-corrected chi connectivity index (χ0v) is 38.0. The van der Waals surface area contributed by atoms with E-state index in [2.05, 4.69) is 240 Å². The summed E-state index contributed by atoms with van der Waals surface area (Å²) in [4.78, 5) is 4.86. The van der Waals surface area contributed by atoms with E-state index >= 15 is 0 Å². The molecule has 0 saturated carbocycles. The third-order valence-electron chi connectivity index (χ3n) is 14.0. The minimum absolute atomic E-state index is 0.836. The van der Waals surface area contributed by atoms with Gasteiger partial charge in [-0.05, 0) is 105 Å². The van der Waals surface area contributed by atoms with Crippen molar-refractivity contribution in [3.8, 4) is 22.3 Å². The zero-order valence-electron chi connectivity index (χ0n) is 38.0. The third kappa shape index (κ3) is 6.46. The predicted octanol–water partition coefficient (Wildman–Crippen LogP) is 19.2. The highest BCUT2D eigenvalue weighted by atomic mass is 16.3. The van der Waals surface area contributed by atoms with Crippen molar-refractivity contribution >= 4 is 110 Å². The molecule has 14 rings (SSSR count). The predicted molar refractivity (Wildman–Crippen MR) is 294 cm³/mol. The fourth-order valence-corrected chi connectivity index (χ4v) is 10.8. The minimum atomic E-state index is 0.836. The van der Waals surface area contributed by atoms with Crippen molar-refractivity contribution in [3.63, 3.8) is 0 Å². The highest BCUT2D eigenvalue weighted by Gasteiger charge is 2.26. The molecule has 0 aliphatic heterocycles. The van der Waals surface area contributed by atoms with Crippen molar-refractivity contribution in [2.24, 2.45) is 0 Å². The molecule has 328 valence electrons. The summed E-state index contributed by atoms with van der Waals surface area (Å²) in [7, 11) is 0. The normalized spacial score (nSPS) is 11.7. The second kappa shape index (κ2) is 16.2. The summed E-state index contributed by atoms with van der Waals surface area (Å²) in [5.74, 6) is 0. The lowest BCUT2D eigenvalue weighted by Crippen LogP contribution is -2.13. The van der Waals surface area contributed by atoms with Crippen LogP contribution in [-0.4, -0.2) is 0 Å². The van der Waals surface area contributed by atoms with E-state index in [1.807, 2.05) is 24.3 Å². The number of benzene rings is 12. The molecular weight excluding hydrogens is 853 g/mol. The van der Waals surface area contributed by atoms with Gasteiger partial charge in [0, 0.05) is 66.9 Å². The van der Waals surface area contributed by atoms with Crippen LogP contribution in [0.4, 0.5) is 34.1 Å². The van der Waals surface area contributed by atoms with Crippen LogP contribution < -0.4 is 9.80 Å². The fourth-order valence-electron chi connectivity index (χ4n) is 10.8. The van der Waals surface area contributed by atoms with Crippen molar-refractivity contribution in [3.05, 3.63) is 255 Å². The largest absolute Gasteiger partial charge is 0.456 e. The van der Waals surface area contributed by atoms with Crippen molar-refractivity contribution < 1.29 is 8.83 Å². The van der Waals surface area contributed by atoms with Gasteiger partial charge in [0.25, 0.3) is 0 Å². The van der Waals surface area contributed by atoms with Gasteiger partial charge in [-0.1, -0.05) is 176 Å². The maximum absolute atomic E-state index is 6.64. The van der Waals surface area contributed by atoms with E-state index in [-0.39, 0.29) is 0 Å². The van der Waals surface area contributed by atoms with E-state index in [1.165, 1.54) is 0 Å². The van der Waals surface area contributed by atoms with E-state index in [1.54, 1.807) is 0 Å². The highest BCUT2D eigenvalue weighted by Crippen LogP contribution is 2.51. The Balaban J connectivity index is 1.12. The van der Waals surface area contributed by atoms with Crippen LogP contribution in [0.15, 0.2) is 264 Å². The molecule has 12 aromatic carbocycles. The molecule has 0 amide bonds. The first kappa shape index (κ1) is 39.8. The molecule has 2 heterocycles. The van der Waals surface area contributed by atoms with Gasteiger partial charge in [0.05, 0.1) is 17.1 Å². The number of hydrogen-bond acceptors (Lipinski definition) is 4. The molecule has 4 nitrogen and oxygen atoms in total. The van der Waals surface area contributed by atoms with Gasteiger partial charge in [0.1, 0.15) is 22.3 Å². The molecule has 0 atom stereocenters. The first-order valence-electron chi connectivity index (χ1n) is 23.8. The Labute approximate surface area is 404 Å². The quantitative estimate of drug-likeness (QED) is 0.152. The van der Waals surface area contributed by atoms with Gasteiger partial charge in [-0.3, -0.25) is 0 Å². The number of nitrogens with zero attached hydrogens (tertiary/aromatic N) is 2. The Hall–Kier alpha value is -9.38. The molecular formula is C66H42N2O2. The molecule has 4 heteroatoms. The third-order valence-corrected chi connectivity index (χ3v) is 14.0. The molecule has 0 fully saturated rings. The van der Waals surface area contributed by atoms with Gasteiger partial charge in [-0.15, -0.1) is 0 Å². The van der Waals surface area contributed by atoms with Gasteiger partial charge >= 0.3 is 0 Å². The van der Waals surface area contributed by atoms with Crippen molar-refractivity contribution in [1.82, 2.24) is 0 Å². The molecule has 0 N–H and O–H groups in total. The summed E-state index contributed by atoms with van der Waals surface area (Å²) in [6.07, 6.45) is 0. The Morgan fingerprint density at radius 2 is 0.686 bits per heavy atom. The Bertz CT molecular complexity index is 4310. The summed E-state index contributed by atoms with van der Waals surface area (Å²) in [5.41, 5.74) is 14.1. The van der Waals surface area contributed by atoms with Crippen LogP contribution in [0.5, 0.6) is 0 Å². The molecule has 0 aliphatic rings. The second-order valence-corrected chi connectivity index (χ2v) is 18.0. The van der Waals surface area contributed by atoms with Gasteiger partial charge < -0.3 is 18.6 Å². The van der Waals surface area contributed by atoms with E-state index < -0.39 is 0 Å². The van der Waals surface area contributed by atoms with E-state index in [9.17, 15) is 0 Å². The summed E-state index contributed by atoms with van der Waals surface area (Å²) >= 11 is 0. The topological polar surface area (TPSA) is 32.8 Å². The van der Waals surface area contributed by atoms with Gasteiger partial charge in [0.2, 0.25) is 0 Å². The number of anilines is 6. The summed E-state index contributed by atoms with van der Waals surface area (Å²) in [6.45, 7) is 0. The molecule has 0 unspecified atom stereocenters. The smallest absolute Gasteiger partial charge is 0.137 e. The highest BCUT2D eigenvalue weighted by molar-refractivity contribution is 6.17. The molecule has 70 heavy (non-hydrogen) atoms. The van der Waals surface area contributed by atoms with Crippen molar-refractivity contribution in [2.45, 2.75) is 0 Å². The Morgan fingerprint density at radius 3 is 1.27 bits per heavy atom. The van der Waals surface area contributed by atoms with Crippen LogP contribution in [0.25, 0.3) is 98.4 Å². The average molecular weight is 895 g/mol. The number of rotatable bonds is 8. The number of hydrogen-bond donors (Lipinski definition) is 0. The van der Waals surface area contributed by atoms with Crippen LogP contribution in [0.1, 0.15) is 0 Å². The fraction of sp³-hybridized carbons (Fsp3) is 0. The lowest BCUT2D eigenvalue weighted by molar-refractivity contribution is 0.668. The first-order chi connectivity index (χ1) is 34.7. The van der Waals surface area contributed by atoms with E-state index in [4.69, 9.17) is 8.83 Å². The lowest BCUT2D eigenvalue weighted by Gasteiger charge is -2.31. The minimum Gasteiger partial charge on any atom is -0.456 e. The maximum Gasteiger partial charge on any atom is 0.137 e. The molecule has 0 spiro atoms. The molecule has 0 bridgehead atoms. The molecule has 14 aromatic rings. The molecule has 0 aliphatic carbocycles. The van der Waals surface area contributed by atoms with Crippen molar-refractivity contribution in [2.75, 3.05) is 9.80 Å². The lowest BCUT2D eigenvalue weighted by atomic mass is 9.89. The number of para-hydroxylation sites is 2. The number of fused-ring (bicyclic) bond motifs is 9. The average Bonchev–Trinajstić information content (AvgIpc) is 3.99. The van der Waals surface area contributed by atoms with Gasteiger partial charge in [-0.25, -0.2) is 0 Å². The Kier molecular flexibility index (Phi) is 9.17. The zero-order chi connectivity index (χ0) is 46.1. The molecule has 2 aromatic heterocycles. The van der Waals surface area contributed by atoms with Crippen molar-refractivity contribution in [1.29, 1.82) is 0 Å². The van der Waals surface area contributed by atoms with Crippen LogP contribution in [0.3, 0.4) is 0 Å². The second-order valence-electron chi connectivity index (χ2n) is 18.0. The van der Waals surface area contributed by atoms with Crippen LogP contribution >= 0.6 is 0 Å². The standard InChI is InChI=1S/C66H42N2O2/c1-3-17-45(18-4-1)52-37-38-61(68(60-30-16-24-44-22-8-10-26-51(44)60)48-34-36-56-54-28-12-14-32-63(54)70-65(56)42-48)58-40-49(39-57(66(52)58)46-19-5-2-6-20-46)67(59-29-15-23-43-21-7-9-25-50(43)59)47-33-35-55-53-27-11-13-31-62(53)69-64(55)41-47/h1-42H. The SMILES string of the molecule is c1ccc(-c2ccc(N(c3ccc4c(c3)oc3ccccc34)c3cccc4ccccc34)c3cc(N(c4ccc5c(c4)oc4ccccc45)c4cccc5ccccc45)cc(-c4ccccc4)c23)cc1. The monoisotopic (exact) mass is 894 g/mol. The van der Waals surface area contributed by atoms with Crippen LogP contribution in [0.2, 0.25) is 0 Å². The summed E-state index contributed by atoms with van der Waals surface area (Å²) in [6, 6.07) is 91.6.